The smallest absolute Gasteiger partial charge is 0.328 e. The van der Waals surface area contributed by atoms with Crippen molar-refractivity contribution in [3.8, 4) is 0 Å². The fraction of sp³-hybridized carbons (Fsp3) is 0.353. The number of pyridine rings is 1. The van der Waals surface area contributed by atoms with Crippen molar-refractivity contribution in [1.82, 2.24) is 20.2 Å². The fourth-order valence-electron chi connectivity index (χ4n) is 3.35. The Morgan fingerprint density at radius 3 is 2.52 bits per heavy atom. The number of carbonyl (C=O) groups excluding carboxylic acids is 3. The van der Waals surface area contributed by atoms with E-state index in [1.807, 2.05) is 0 Å². The third kappa shape index (κ3) is 3.14. The van der Waals surface area contributed by atoms with E-state index in [0.717, 1.165) is 0 Å². The number of barbiturate groups is 1. The fourth-order valence-corrected chi connectivity index (χ4v) is 3.35. The highest BCUT2D eigenvalue weighted by Gasteiger charge is 2.47. The Kier molecular flexibility index (Phi) is 4.91. The van der Waals surface area contributed by atoms with Gasteiger partial charge in [-0.15, -0.1) is 0 Å². The van der Waals surface area contributed by atoms with E-state index in [1.54, 1.807) is 30.5 Å². The third-order valence-corrected chi connectivity index (χ3v) is 4.73. The molecule has 4 amide bonds. The van der Waals surface area contributed by atoms with E-state index < -0.39 is 29.7 Å². The highest BCUT2D eigenvalue weighted by molar-refractivity contribution is 6.16. The number of nitrogens with zero attached hydrogens (tertiary/aromatic N) is 3. The van der Waals surface area contributed by atoms with Crippen LogP contribution < -0.4 is 15.4 Å². The second kappa shape index (κ2) is 7.16. The molecule has 1 atom stereocenters. The predicted molar refractivity (Wildman–Crippen MR) is 91.2 cm³/mol. The third-order valence-electron chi connectivity index (χ3n) is 4.73. The molecule has 142 valence electrons. The number of aliphatic hydroxyl groups is 1. The van der Waals surface area contributed by atoms with Crippen LogP contribution in [-0.2, 0) is 16.1 Å². The van der Waals surface area contributed by atoms with E-state index in [1.165, 1.54) is 12.4 Å². The van der Waals surface area contributed by atoms with Gasteiger partial charge in [-0.1, -0.05) is 6.07 Å². The summed E-state index contributed by atoms with van der Waals surface area (Å²) in [6.07, 6.45) is 2.99. The Hall–Kier alpha value is -3.27. The molecular formula is C17H19N5O5. The number of urea groups is 1. The molecule has 3 N–H and O–H groups in total. The maximum Gasteiger partial charge on any atom is 0.328 e. The lowest BCUT2D eigenvalue weighted by Crippen LogP contribution is -2.58. The van der Waals surface area contributed by atoms with E-state index in [4.69, 9.17) is 0 Å². The summed E-state index contributed by atoms with van der Waals surface area (Å²) in [5, 5.41) is 26.5. The maximum atomic E-state index is 12.9. The molecule has 2 aromatic rings. The van der Waals surface area contributed by atoms with Gasteiger partial charge in [-0.25, -0.2) is 14.1 Å². The van der Waals surface area contributed by atoms with E-state index in [9.17, 15) is 24.7 Å². The van der Waals surface area contributed by atoms with E-state index in [2.05, 4.69) is 15.6 Å². The highest BCUT2D eigenvalue weighted by Crippen LogP contribution is 2.33. The van der Waals surface area contributed by atoms with Crippen LogP contribution in [0.25, 0.3) is 0 Å². The number of hydrogen-bond donors (Lipinski definition) is 3. The second-order valence-electron chi connectivity index (χ2n) is 6.25. The van der Waals surface area contributed by atoms with Crippen LogP contribution in [0.5, 0.6) is 0 Å². The van der Waals surface area contributed by atoms with Crippen LogP contribution in [0.15, 0.2) is 24.5 Å². The van der Waals surface area contributed by atoms with Gasteiger partial charge in [0.2, 0.25) is 11.8 Å². The zero-order chi connectivity index (χ0) is 19.7. The molecule has 0 bridgehead atoms. The monoisotopic (exact) mass is 373 g/mol. The average Bonchev–Trinajstić information content (AvgIpc) is 2.83. The number of imide groups is 2. The summed E-state index contributed by atoms with van der Waals surface area (Å²) in [7, 11) is 0. The van der Waals surface area contributed by atoms with Gasteiger partial charge in [0.25, 0.3) is 5.82 Å². The number of imidazole rings is 1. The normalized spacial score (nSPS) is 16.2. The lowest BCUT2D eigenvalue weighted by molar-refractivity contribution is -0.621. The summed E-state index contributed by atoms with van der Waals surface area (Å²) in [5.74, 6) is -3.83. The van der Waals surface area contributed by atoms with Crippen LogP contribution in [0.4, 0.5) is 4.79 Å². The minimum atomic E-state index is -1.35. The molecule has 0 radical (unpaired) electrons. The van der Waals surface area contributed by atoms with Crippen LogP contribution in [0.1, 0.15) is 28.7 Å². The number of aliphatic hydroxyl groups excluding tert-OH is 1. The molecule has 0 spiro atoms. The van der Waals surface area contributed by atoms with Crippen molar-refractivity contribution in [2.24, 2.45) is 5.92 Å². The Labute approximate surface area is 154 Å². The molecule has 1 fully saturated rings. The first-order valence-electron chi connectivity index (χ1n) is 8.32. The number of hydrogen-bond acceptors (Lipinski definition) is 6. The molecular weight excluding hydrogens is 354 g/mol. The molecule has 2 aromatic heterocycles. The summed E-state index contributed by atoms with van der Waals surface area (Å²) in [4.78, 5) is 40.4. The van der Waals surface area contributed by atoms with Gasteiger partial charge < -0.3 is 10.3 Å². The topological polar surface area (TPSA) is 140 Å². The summed E-state index contributed by atoms with van der Waals surface area (Å²) in [6, 6.07) is 2.37. The molecule has 27 heavy (non-hydrogen) atoms. The van der Waals surface area contributed by atoms with Crippen LogP contribution in [0.3, 0.4) is 0 Å². The number of aromatic nitrogens is 3. The van der Waals surface area contributed by atoms with Crippen molar-refractivity contribution in [1.29, 1.82) is 0 Å². The maximum absolute atomic E-state index is 12.9. The van der Waals surface area contributed by atoms with Crippen molar-refractivity contribution in [3.05, 3.63) is 52.5 Å². The Morgan fingerprint density at radius 1 is 1.30 bits per heavy atom. The molecule has 10 heteroatoms. The zero-order valence-corrected chi connectivity index (χ0v) is 14.8. The molecule has 10 nitrogen and oxygen atoms in total. The molecule has 1 aliphatic rings. The van der Waals surface area contributed by atoms with Crippen molar-refractivity contribution < 1.29 is 24.2 Å². The van der Waals surface area contributed by atoms with Crippen molar-refractivity contribution in [2.75, 3.05) is 6.61 Å². The number of amides is 4. The second-order valence-corrected chi connectivity index (χ2v) is 6.25. The minimum absolute atomic E-state index is 0.114. The van der Waals surface area contributed by atoms with E-state index in [0.29, 0.717) is 21.7 Å². The first-order valence-corrected chi connectivity index (χ1v) is 8.32. The number of rotatable bonds is 5. The highest BCUT2D eigenvalue weighted by atomic mass is 16.5. The minimum Gasteiger partial charge on any atom is -0.711 e. The van der Waals surface area contributed by atoms with Gasteiger partial charge in [0.15, 0.2) is 0 Å². The van der Waals surface area contributed by atoms with E-state index in [-0.39, 0.29) is 19.0 Å². The predicted octanol–water partition coefficient (Wildman–Crippen LogP) is -0.760. The van der Waals surface area contributed by atoms with Crippen LogP contribution in [-0.4, -0.2) is 39.1 Å². The van der Waals surface area contributed by atoms with Gasteiger partial charge >= 0.3 is 6.03 Å². The summed E-state index contributed by atoms with van der Waals surface area (Å²) in [6.45, 7) is 3.21. The van der Waals surface area contributed by atoms with Gasteiger partial charge in [-0.2, -0.15) is 0 Å². The molecule has 0 aliphatic carbocycles. The molecule has 1 aliphatic heterocycles. The summed E-state index contributed by atoms with van der Waals surface area (Å²) >= 11 is 0. The largest absolute Gasteiger partial charge is 0.711 e. The van der Waals surface area contributed by atoms with Crippen LogP contribution in [0, 0.1) is 25.0 Å². The average molecular weight is 373 g/mol. The first kappa shape index (κ1) is 18.5. The summed E-state index contributed by atoms with van der Waals surface area (Å²) < 4.78 is 2.23. The zero-order valence-electron chi connectivity index (χ0n) is 14.8. The van der Waals surface area contributed by atoms with Gasteiger partial charge in [0.1, 0.15) is 29.8 Å². The van der Waals surface area contributed by atoms with Crippen molar-refractivity contribution in [2.45, 2.75) is 26.3 Å². The lowest BCUT2D eigenvalue weighted by Gasteiger charge is -2.27. The SMILES string of the molecule is Cc1c(C)[n+]([O-])c([C@H](c2cccnc2)C2C(=O)NC(=O)NC2=O)n1CCO. The molecule has 0 unspecified atom stereocenters. The quantitative estimate of drug-likeness (QED) is 0.357. The standard InChI is InChI=1S/C17H19N5O5/c1-9-10(2)22(27)16(21(9)6-7-23)12(11-4-3-5-18-8-11)13-14(24)19-17(26)20-15(13)25/h3-5,8,12-13,23H,6-7H2,1-2H3,(H2,19,20,24,25,26)/t12-/m1/s1. The van der Waals surface area contributed by atoms with E-state index >= 15 is 0 Å². The number of carbonyl (C=O) groups is 3. The number of nitrogens with one attached hydrogen (secondary N) is 2. The van der Waals surface area contributed by atoms with Crippen LogP contribution in [0.2, 0.25) is 0 Å². The van der Waals surface area contributed by atoms with Gasteiger partial charge in [-0.05, 0) is 11.6 Å². The van der Waals surface area contributed by atoms with Gasteiger partial charge in [0, 0.05) is 26.2 Å². The lowest BCUT2D eigenvalue weighted by atomic mass is 9.83. The Bertz CT molecular complexity index is 888. The Morgan fingerprint density at radius 2 is 1.96 bits per heavy atom. The van der Waals surface area contributed by atoms with Gasteiger partial charge in [-0.3, -0.25) is 25.2 Å². The molecule has 1 saturated heterocycles. The van der Waals surface area contributed by atoms with Crippen molar-refractivity contribution >= 4 is 17.8 Å². The molecule has 0 aromatic carbocycles. The molecule has 3 rings (SSSR count). The first-order chi connectivity index (χ1) is 12.9. The molecule has 3 heterocycles. The van der Waals surface area contributed by atoms with Crippen LogP contribution >= 0.6 is 0 Å². The molecule has 0 saturated carbocycles. The Balaban J connectivity index is 2.24. The van der Waals surface area contributed by atoms with Gasteiger partial charge in [0.05, 0.1) is 6.61 Å². The summed E-state index contributed by atoms with van der Waals surface area (Å²) in [5.41, 5.74) is 1.46. The van der Waals surface area contributed by atoms with Crippen molar-refractivity contribution in [3.63, 3.8) is 0 Å².